The van der Waals surface area contributed by atoms with E-state index in [1.807, 2.05) is 4.72 Å². The Morgan fingerprint density at radius 3 is 2.41 bits per heavy atom. The predicted octanol–water partition coefficient (Wildman–Crippen LogP) is 1.19. The first-order chi connectivity index (χ1) is 7.87. The van der Waals surface area contributed by atoms with E-state index in [9.17, 15) is 21.6 Å². The molecule has 8 heteroatoms. The maximum atomic E-state index is 13.1. The SMILES string of the molecule is NCCCS(=O)(=O)Nc1ccc(F)c(F)c1F. The van der Waals surface area contributed by atoms with Gasteiger partial charge in [-0.1, -0.05) is 0 Å². The van der Waals surface area contributed by atoms with Gasteiger partial charge in [-0.25, -0.2) is 21.6 Å². The maximum Gasteiger partial charge on any atom is 0.232 e. The zero-order chi connectivity index (χ0) is 13.1. The van der Waals surface area contributed by atoms with E-state index in [1.165, 1.54) is 0 Å². The molecule has 0 aliphatic carbocycles. The summed E-state index contributed by atoms with van der Waals surface area (Å²) in [5, 5.41) is 0. The molecule has 0 heterocycles. The van der Waals surface area contributed by atoms with E-state index >= 15 is 0 Å². The fraction of sp³-hybridized carbons (Fsp3) is 0.333. The third-order valence-electron chi connectivity index (χ3n) is 1.92. The van der Waals surface area contributed by atoms with Crippen molar-refractivity contribution in [3.05, 3.63) is 29.6 Å². The van der Waals surface area contributed by atoms with Gasteiger partial charge in [0.1, 0.15) is 0 Å². The summed E-state index contributed by atoms with van der Waals surface area (Å²) < 4.78 is 63.1. The largest absolute Gasteiger partial charge is 0.330 e. The fourth-order valence-electron chi connectivity index (χ4n) is 1.10. The summed E-state index contributed by atoms with van der Waals surface area (Å²) in [7, 11) is -3.81. The molecule has 0 unspecified atom stereocenters. The van der Waals surface area contributed by atoms with Crippen molar-refractivity contribution in [2.75, 3.05) is 17.0 Å². The minimum atomic E-state index is -3.81. The van der Waals surface area contributed by atoms with Crippen LogP contribution in [-0.2, 0) is 10.0 Å². The van der Waals surface area contributed by atoms with Crippen LogP contribution in [0.5, 0.6) is 0 Å². The molecule has 0 saturated heterocycles. The van der Waals surface area contributed by atoms with Gasteiger partial charge in [-0.05, 0) is 25.1 Å². The van der Waals surface area contributed by atoms with Crippen LogP contribution in [0.2, 0.25) is 0 Å². The topological polar surface area (TPSA) is 72.2 Å². The summed E-state index contributed by atoms with van der Waals surface area (Å²) >= 11 is 0. The van der Waals surface area contributed by atoms with Crippen molar-refractivity contribution >= 4 is 15.7 Å². The van der Waals surface area contributed by atoms with Crippen LogP contribution in [-0.4, -0.2) is 20.7 Å². The standard InChI is InChI=1S/C9H11F3N2O2S/c10-6-2-3-7(9(12)8(6)11)14-17(15,16)5-1-4-13/h2-3,14H,1,4-5,13H2. The van der Waals surface area contributed by atoms with Gasteiger partial charge in [-0.15, -0.1) is 0 Å². The second-order valence-electron chi connectivity index (χ2n) is 3.29. The molecule has 0 spiro atoms. The van der Waals surface area contributed by atoms with Gasteiger partial charge in [0.2, 0.25) is 10.0 Å². The van der Waals surface area contributed by atoms with Crippen molar-refractivity contribution in [3.63, 3.8) is 0 Å². The summed E-state index contributed by atoms with van der Waals surface area (Å²) in [6.45, 7) is 0.154. The molecule has 0 bridgehead atoms. The summed E-state index contributed by atoms with van der Waals surface area (Å²) in [4.78, 5) is 0. The highest BCUT2D eigenvalue weighted by atomic mass is 32.2. The third kappa shape index (κ3) is 3.60. The van der Waals surface area contributed by atoms with Crippen LogP contribution in [0, 0.1) is 17.5 Å². The highest BCUT2D eigenvalue weighted by Crippen LogP contribution is 2.20. The molecular weight excluding hydrogens is 257 g/mol. The average Bonchev–Trinajstić information content (AvgIpc) is 2.27. The van der Waals surface area contributed by atoms with Crippen molar-refractivity contribution in [2.24, 2.45) is 5.73 Å². The van der Waals surface area contributed by atoms with Gasteiger partial charge in [-0.2, -0.15) is 0 Å². The van der Waals surface area contributed by atoms with E-state index in [-0.39, 0.29) is 18.7 Å². The second kappa shape index (κ2) is 5.37. The van der Waals surface area contributed by atoms with Crippen LogP contribution >= 0.6 is 0 Å². The Bertz CT molecular complexity index is 505. The molecule has 1 rings (SSSR count). The molecule has 0 aromatic heterocycles. The number of rotatable bonds is 5. The second-order valence-corrected chi connectivity index (χ2v) is 5.13. The molecule has 0 aliphatic heterocycles. The molecule has 0 fully saturated rings. The van der Waals surface area contributed by atoms with Crippen LogP contribution in [0.25, 0.3) is 0 Å². The minimum Gasteiger partial charge on any atom is -0.330 e. The smallest absolute Gasteiger partial charge is 0.232 e. The van der Waals surface area contributed by atoms with Crippen LogP contribution in [0.1, 0.15) is 6.42 Å². The molecule has 4 nitrogen and oxygen atoms in total. The van der Waals surface area contributed by atoms with Crippen molar-refractivity contribution in [1.82, 2.24) is 0 Å². The van der Waals surface area contributed by atoms with Gasteiger partial charge in [-0.3, -0.25) is 4.72 Å². The van der Waals surface area contributed by atoms with Gasteiger partial charge in [0.05, 0.1) is 11.4 Å². The van der Waals surface area contributed by atoms with Gasteiger partial charge < -0.3 is 5.73 Å². The Balaban J connectivity index is 2.93. The van der Waals surface area contributed by atoms with Crippen molar-refractivity contribution < 1.29 is 21.6 Å². The molecular formula is C9H11F3N2O2S. The van der Waals surface area contributed by atoms with E-state index in [4.69, 9.17) is 5.73 Å². The lowest BCUT2D eigenvalue weighted by Gasteiger charge is -2.08. The highest BCUT2D eigenvalue weighted by molar-refractivity contribution is 7.92. The lowest BCUT2D eigenvalue weighted by molar-refractivity contribution is 0.449. The van der Waals surface area contributed by atoms with Gasteiger partial charge in [0.25, 0.3) is 0 Å². The number of halogens is 3. The zero-order valence-corrected chi connectivity index (χ0v) is 9.53. The summed E-state index contributed by atoms with van der Waals surface area (Å²) in [6, 6.07) is 1.45. The lowest BCUT2D eigenvalue weighted by Crippen LogP contribution is -2.20. The van der Waals surface area contributed by atoms with Crippen LogP contribution in [0.15, 0.2) is 12.1 Å². The molecule has 96 valence electrons. The third-order valence-corrected chi connectivity index (χ3v) is 3.27. The Hall–Kier alpha value is -1.28. The lowest BCUT2D eigenvalue weighted by atomic mass is 10.3. The van der Waals surface area contributed by atoms with Crippen molar-refractivity contribution in [3.8, 4) is 0 Å². The highest BCUT2D eigenvalue weighted by Gasteiger charge is 2.17. The number of nitrogens with one attached hydrogen (secondary N) is 1. The molecule has 0 atom stereocenters. The molecule has 3 N–H and O–H groups in total. The summed E-state index contributed by atoms with van der Waals surface area (Å²) in [5.41, 5.74) is 4.50. The van der Waals surface area contributed by atoms with Crippen LogP contribution in [0.4, 0.5) is 18.9 Å². The van der Waals surface area contributed by atoms with E-state index in [1.54, 1.807) is 0 Å². The zero-order valence-electron chi connectivity index (χ0n) is 8.71. The Kier molecular flexibility index (Phi) is 4.35. The number of anilines is 1. The van der Waals surface area contributed by atoms with E-state index < -0.39 is 33.2 Å². The maximum absolute atomic E-state index is 13.1. The molecule has 0 radical (unpaired) electrons. The molecule has 0 saturated carbocycles. The number of nitrogens with two attached hydrogens (primary N) is 1. The van der Waals surface area contributed by atoms with Gasteiger partial charge in [0, 0.05) is 0 Å². The fourth-order valence-corrected chi connectivity index (χ4v) is 2.24. The molecule has 17 heavy (non-hydrogen) atoms. The Morgan fingerprint density at radius 2 is 1.82 bits per heavy atom. The normalized spacial score (nSPS) is 11.5. The Morgan fingerprint density at radius 1 is 1.18 bits per heavy atom. The number of hydrogen-bond acceptors (Lipinski definition) is 3. The van der Waals surface area contributed by atoms with Crippen LogP contribution < -0.4 is 10.5 Å². The van der Waals surface area contributed by atoms with Crippen LogP contribution in [0.3, 0.4) is 0 Å². The first-order valence-electron chi connectivity index (χ1n) is 4.71. The van der Waals surface area contributed by atoms with Gasteiger partial charge in [0.15, 0.2) is 17.5 Å². The Labute approximate surface area is 96.7 Å². The molecule has 0 amide bonds. The summed E-state index contributed by atoms with van der Waals surface area (Å²) in [6.07, 6.45) is 0.181. The van der Waals surface area contributed by atoms with Crippen molar-refractivity contribution in [2.45, 2.75) is 6.42 Å². The van der Waals surface area contributed by atoms with E-state index in [0.29, 0.717) is 6.07 Å². The van der Waals surface area contributed by atoms with Gasteiger partial charge >= 0.3 is 0 Å². The first-order valence-corrected chi connectivity index (χ1v) is 6.36. The molecule has 0 aliphatic rings. The van der Waals surface area contributed by atoms with E-state index in [0.717, 1.165) is 6.07 Å². The monoisotopic (exact) mass is 268 g/mol. The summed E-state index contributed by atoms with van der Waals surface area (Å²) in [5.74, 6) is -4.99. The molecule has 1 aromatic carbocycles. The number of hydrogen-bond donors (Lipinski definition) is 2. The number of benzene rings is 1. The quantitative estimate of drug-likeness (QED) is 0.788. The van der Waals surface area contributed by atoms with E-state index in [2.05, 4.69) is 0 Å². The number of sulfonamides is 1. The first kappa shape index (κ1) is 13.8. The van der Waals surface area contributed by atoms with Crippen molar-refractivity contribution in [1.29, 1.82) is 0 Å². The predicted molar refractivity (Wildman–Crippen MR) is 57.4 cm³/mol. The average molecular weight is 268 g/mol. The molecule has 1 aromatic rings. The minimum absolute atomic E-state index is 0.154.